The first kappa shape index (κ1) is 59.6. The number of unbranched alkanes of at least 4 members (excludes halogenated alkanes) is 2. The van der Waals surface area contributed by atoms with Crippen molar-refractivity contribution in [3.05, 3.63) is 29.8 Å². The third kappa shape index (κ3) is 22.2. The van der Waals surface area contributed by atoms with E-state index in [1.807, 2.05) is 20.8 Å². The highest BCUT2D eigenvalue weighted by Gasteiger charge is 2.40. The van der Waals surface area contributed by atoms with E-state index in [9.17, 15) is 53.1 Å². The summed E-state index contributed by atoms with van der Waals surface area (Å²) in [5.41, 5.74) is 5.11. The first-order chi connectivity index (χ1) is 32.1. The number of primary amides is 1. The van der Waals surface area contributed by atoms with E-state index in [1.165, 1.54) is 4.90 Å². The Labute approximate surface area is 410 Å². The first-order valence-electron chi connectivity index (χ1n) is 23.6. The summed E-state index contributed by atoms with van der Waals surface area (Å²) >= 11 is 1.15. The first-order valence-corrected chi connectivity index (χ1v) is 24.6. The summed E-state index contributed by atoms with van der Waals surface area (Å²) in [7, 11) is 0. The van der Waals surface area contributed by atoms with Gasteiger partial charge in [0.15, 0.2) is 5.78 Å². The second kappa shape index (κ2) is 28.2. The number of ether oxygens (including phenoxy) is 1. The number of nitrogens with two attached hydrogens (primary N) is 1. The molecule has 69 heavy (non-hydrogen) atoms. The van der Waals surface area contributed by atoms with Crippen LogP contribution in [0.3, 0.4) is 0 Å². The van der Waals surface area contributed by atoms with Gasteiger partial charge in [0.1, 0.15) is 18.7 Å². The molecule has 1 aliphatic rings. The van der Waals surface area contributed by atoms with Crippen LogP contribution in [0.2, 0.25) is 0 Å². The number of nitrogens with zero attached hydrogens (tertiary/aromatic N) is 1. The number of carboxylic acid groups (broad SMARTS) is 1. The van der Waals surface area contributed by atoms with Crippen LogP contribution in [0.5, 0.6) is 0 Å². The fourth-order valence-corrected chi connectivity index (χ4v) is 8.19. The molecule has 1 aliphatic heterocycles. The highest BCUT2D eigenvalue weighted by atomic mass is 32.2. The molecule has 0 bridgehead atoms. The number of likely N-dealkylation sites (tertiary alicyclic amines) is 1. The Morgan fingerprint density at radius 1 is 0.797 bits per heavy atom. The van der Waals surface area contributed by atoms with E-state index in [0.717, 1.165) is 11.8 Å². The lowest BCUT2D eigenvalue weighted by molar-refractivity contribution is -0.154. The van der Waals surface area contributed by atoms with Crippen molar-refractivity contribution in [2.75, 3.05) is 24.2 Å². The summed E-state index contributed by atoms with van der Waals surface area (Å²) in [4.78, 5) is 129. The summed E-state index contributed by atoms with van der Waals surface area (Å²) in [6.07, 6.45) is 1.35. The fraction of sp³-hybridized carbons (Fsp3) is 0.667. The van der Waals surface area contributed by atoms with Crippen molar-refractivity contribution < 1.29 is 57.8 Å². The Balaban J connectivity index is 1.96. The number of amides is 8. The highest BCUT2D eigenvalue weighted by Crippen LogP contribution is 2.27. The minimum absolute atomic E-state index is 0.0507. The number of aliphatic carboxylic acids is 1. The number of imide groups is 1. The van der Waals surface area contributed by atoms with E-state index in [1.54, 1.807) is 72.7 Å². The fourth-order valence-electron chi connectivity index (χ4n) is 7.00. The SMILES string of the molecule is CC(C)C(=O)[C@H](CCC(=O)O)NC(=O)[C@H](CSC1CC(=O)N(CCCCCC(=O)N[C@H](C(=O)N[C@@H](CCCNC(N)=O)C(=O)Nc2ccc(COC(=O)C(C)(C)C)cc2)C(C)C)C1=O)NC(C)(C)C. The van der Waals surface area contributed by atoms with Gasteiger partial charge in [0.2, 0.25) is 35.4 Å². The number of anilines is 1. The molecule has 0 aromatic heterocycles. The molecule has 2 rings (SSSR count). The van der Waals surface area contributed by atoms with Crippen molar-refractivity contribution in [1.29, 1.82) is 0 Å². The van der Waals surface area contributed by atoms with Crippen LogP contribution in [0.1, 0.15) is 133 Å². The molecule has 8 amide bonds. The number of carbonyl (C=O) groups excluding carboxylic acids is 9. The van der Waals surface area contributed by atoms with Crippen molar-refractivity contribution >= 4 is 76.6 Å². The second-order valence-corrected chi connectivity index (χ2v) is 21.2. The Kier molecular flexibility index (Phi) is 24.3. The lowest BCUT2D eigenvalue weighted by atomic mass is 9.97. The monoisotopic (exact) mass is 989 g/mol. The highest BCUT2D eigenvalue weighted by molar-refractivity contribution is 8.00. The zero-order valence-electron chi connectivity index (χ0n) is 41.9. The number of esters is 1. The third-order valence-corrected chi connectivity index (χ3v) is 12.1. The van der Waals surface area contributed by atoms with Crippen LogP contribution in [0, 0.1) is 17.3 Å². The number of thioether (sulfide) groups is 1. The maximum Gasteiger partial charge on any atom is 0.312 e. The molecule has 0 radical (unpaired) electrons. The van der Waals surface area contributed by atoms with Crippen molar-refractivity contribution in [2.45, 2.75) is 169 Å². The van der Waals surface area contributed by atoms with Crippen molar-refractivity contribution in [1.82, 2.24) is 31.5 Å². The molecule has 0 spiro atoms. The van der Waals surface area contributed by atoms with Gasteiger partial charge >= 0.3 is 18.0 Å². The van der Waals surface area contributed by atoms with E-state index < -0.39 is 81.9 Å². The number of nitrogens with one attached hydrogen (secondary N) is 6. The van der Waals surface area contributed by atoms with E-state index in [2.05, 4.69) is 31.9 Å². The topological polar surface area (TPSA) is 302 Å². The van der Waals surface area contributed by atoms with Gasteiger partial charge in [0.05, 0.1) is 22.7 Å². The van der Waals surface area contributed by atoms with Gasteiger partial charge in [-0.1, -0.05) is 46.2 Å². The van der Waals surface area contributed by atoms with Crippen molar-refractivity contribution in [3.8, 4) is 0 Å². The Hall–Kier alpha value is -5.57. The molecule has 21 heteroatoms. The molecular formula is C48H76N8O12S. The van der Waals surface area contributed by atoms with E-state index in [0.29, 0.717) is 36.9 Å². The number of hydrogen-bond acceptors (Lipinski definition) is 13. The Morgan fingerprint density at radius 3 is 2.00 bits per heavy atom. The predicted octanol–water partition coefficient (Wildman–Crippen LogP) is 3.54. The zero-order chi connectivity index (χ0) is 52.2. The van der Waals surface area contributed by atoms with E-state index in [-0.39, 0.29) is 87.0 Å². The maximum atomic E-state index is 13.6. The molecule has 386 valence electrons. The number of ketones is 1. The van der Waals surface area contributed by atoms with Gasteiger partial charge in [0.25, 0.3) is 0 Å². The number of urea groups is 1. The molecule has 1 fully saturated rings. The van der Waals surface area contributed by atoms with Crippen LogP contribution in [0.15, 0.2) is 24.3 Å². The molecule has 0 aliphatic carbocycles. The van der Waals surface area contributed by atoms with Gasteiger partial charge in [-0.05, 0) is 97.3 Å². The minimum atomic E-state index is -1.09. The predicted molar refractivity (Wildman–Crippen MR) is 261 cm³/mol. The average Bonchev–Trinajstić information content (AvgIpc) is 3.52. The molecule has 9 N–H and O–H groups in total. The largest absolute Gasteiger partial charge is 0.481 e. The van der Waals surface area contributed by atoms with Crippen LogP contribution in [0.4, 0.5) is 10.5 Å². The van der Waals surface area contributed by atoms with Crippen molar-refractivity contribution in [3.63, 3.8) is 0 Å². The summed E-state index contributed by atoms with van der Waals surface area (Å²) in [6, 6.07) is 2.02. The molecule has 0 saturated carbocycles. The molecule has 1 saturated heterocycles. The number of carbonyl (C=O) groups is 10. The Bertz CT molecular complexity index is 1960. The molecule has 1 aromatic carbocycles. The normalized spacial score (nSPS) is 15.8. The summed E-state index contributed by atoms with van der Waals surface area (Å²) in [5, 5.41) is 25.1. The zero-order valence-corrected chi connectivity index (χ0v) is 42.7. The molecule has 1 unspecified atom stereocenters. The molecule has 5 atom stereocenters. The standard InChI is InChI=1S/C48H76N8O12S/c1-28(2)39(43(64)53-33(15-14-23-50-46(49)67)41(62)51-31-19-17-30(18-20-31)26-68-45(66)47(5,6)7)54-36(57)16-12-11-13-24-56-37(58)25-35(44(56)65)69-27-34(55-48(8,9)10)42(63)52-32(21-22-38(59)60)40(61)29(3)4/h17-20,28-29,32-35,39,55H,11-16,21-27H2,1-10H3,(H,51,62)(H,52,63)(H,53,64)(H,54,57)(H,59,60)(H3,49,50,67)/t32-,33-,34-,35?,39-/m0/s1. The third-order valence-electron chi connectivity index (χ3n) is 10.8. The van der Waals surface area contributed by atoms with Gasteiger partial charge in [-0.25, -0.2) is 4.79 Å². The smallest absolute Gasteiger partial charge is 0.312 e. The molecule has 1 aromatic rings. The van der Waals surface area contributed by atoms with Crippen LogP contribution < -0.4 is 37.6 Å². The summed E-state index contributed by atoms with van der Waals surface area (Å²) in [6.45, 7) is 18.0. The number of rotatable bonds is 29. The average molecular weight is 989 g/mol. The van der Waals surface area contributed by atoms with Gasteiger partial charge in [-0.2, -0.15) is 0 Å². The molecule has 1 heterocycles. The van der Waals surface area contributed by atoms with Gasteiger partial charge in [-0.3, -0.25) is 48.1 Å². The summed E-state index contributed by atoms with van der Waals surface area (Å²) < 4.78 is 5.36. The number of Topliss-reactive ketones (excluding diaryl/α,β-unsaturated/α-hetero) is 1. The van der Waals surface area contributed by atoms with Gasteiger partial charge in [0, 0.05) is 55.2 Å². The Morgan fingerprint density at radius 2 is 1.43 bits per heavy atom. The van der Waals surface area contributed by atoms with Gasteiger partial charge in [-0.15, -0.1) is 11.8 Å². The lowest BCUT2D eigenvalue weighted by Gasteiger charge is -2.30. The number of hydrogen-bond donors (Lipinski definition) is 8. The summed E-state index contributed by atoms with van der Waals surface area (Å²) in [5.74, 6) is -5.23. The maximum absolute atomic E-state index is 13.6. The van der Waals surface area contributed by atoms with Gasteiger partial charge < -0.3 is 47.5 Å². The van der Waals surface area contributed by atoms with Crippen LogP contribution >= 0.6 is 11.8 Å². The van der Waals surface area contributed by atoms with Crippen molar-refractivity contribution in [2.24, 2.45) is 23.0 Å². The van der Waals surface area contributed by atoms with Crippen LogP contribution in [-0.2, 0) is 54.5 Å². The number of carboxylic acids is 1. The second-order valence-electron chi connectivity index (χ2n) is 20.0. The molecular weight excluding hydrogens is 913 g/mol. The quantitative estimate of drug-likeness (QED) is 0.0324. The van der Waals surface area contributed by atoms with Crippen LogP contribution in [0.25, 0.3) is 0 Å². The lowest BCUT2D eigenvalue weighted by Crippen LogP contribution is -2.56. The van der Waals surface area contributed by atoms with E-state index in [4.69, 9.17) is 10.5 Å². The number of benzene rings is 1. The van der Waals surface area contributed by atoms with Crippen LogP contribution in [-0.4, -0.2) is 123 Å². The van der Waals surface area contributed by atoms with E-state index >= 15 is 0 Å². The molecule has 20 nitrogen and oxygen atoms in total. The minimum Gasteiger partial charge on any atom is -0.481 e.